The van der Waals surface area contributed by atoms with E-state index >= 15 is 0 Å². The van der Waals surface area contributed by atoms with E-state index in [4.69, 9.17) is 11.5 Å². The highest BCUT2D eigenvalue weighted by Crippen LogP contribution is 2.23. The second-order valence-corrected chi connectivity index (χ2v) is 8.99. The van der Waals surface area contributed by atoms with E-state index in [0.717, 1.165) is 5.56 Å². The highest BCUT2D eigenvalue weighted by atomic mass is 79.9. The van der Waals surface area contributed by atoms with Crippen molar-refractivity contribution in [3.63, 3.8) is 0 Å². The molecule has 1 aromatic carbocycles. The highest BCUT2D eigenvalue weighted by molar-refractivity contribution is 9.10. The van der Waals surface area contributed by atoms with Crippen LogP contribution in [0.3, 0.4) is 0 Å². The third kappa shape index (κ3) is 5.03. The number of hydrogen-bond donors (Lipinski definition) is 3. The van der Waals surface area contributed by atoms with Crippen molar-refractivity contribution in [2.75, 3.05) is 4.31 Å². The summed E-state index contributed by atoms with van der Waals surface area (Å²) < 4.78 is 27.0. The van der Waals surface area contributed by atoms with E-state index in [1.165, 1.54) is 31.5 Å². The number of carbonyl (C=O) groups is 2. The van der Waals surface area contributed by atoms with Gasteiger partial charge in [0.25, 0.3) is 15.9 Å². The number of aromatic nitrogens is 2. The summed E-state index contributed by atoms with van der Waals surface area (Å²) in [6, 6.07) is 2.70. The summed E-state index contributed by atoms with van der Waals surface area (Å²) in [5.74, 6) is -2.68. The average Bonchev–Trinajstić information content (AvgIpc) is 2.67. The molecule has 2 aromatic rings. The minimum Gasteiger partial charge on any atom is -0.383 e. The second-order valence-electron chi connectivity index (χ2n) is 6.28. The maximum atomic E-state index is 13.2. The van der Waals surface area contributed by atoms with E-state index in [1.807, 2.05) is 0 Å². The number of ketones is 1. The molecule has 0 aliphatic heterocycles. The molecule has 12 heteroatoms. The molecular weight excluding hydrogens is 466 g/mol. The lowest BCUT2D eigenvalue weighted by Crippen LogP contribution is -2.56. The molecule has 2 rings (SSSR count). The Bertz CT molecular complexity index is 996. The first-order valence-electron chi connectivity index (χ1n) is 8.33. The molecule has 0 saturated carbocycles. The monoisotopic (exact) mass is 485 g/mol. The summed E-state index contributed by atoms with van der Waals surface area (Å²) in [5.41, 5.74) is 12.0. The van der Waals surface area contributed by atoms with Crippen molar-refractivity contribution in [2.45, 2.75) is 36.9 Å². The molecule has 0 aliphatic carbocycles. The van der Waals surface area contributed by atoms with E-state index in [0.29, 0.717) is 4.47 Å². The predicted octanol–water partition coefficient (Wildman–Crippen LogP) is -0.126. The Morgan fingerprint density at radius 1 is 1.14 bits per heavy atom. The summed E-state index contributed by atoms with van der Waals surface area (Å²) >= 11 is 3.12. The number of Topliss-reactive ketones (excluding diaryl/α,β-unsaturated/α-hetero) is 1. The van der Waals surface area contributed by atoms with Crippen molar-refractivity contribution in [3.05, 3.63) is 46.7 Å². The van der Waals surface area contributed by atoms with Crippen LogP contribution in [-0.4, -0.2) is 53.4 Å². The molecule has 1 aromatic heterocycles. The second kappa shape index (κ2) is 9.05. The summed E-state index contributed by atoms with van der Waals surface area (Å²) in [4.78, 5) is 32.4. The largest absolute Gasteiger partial charge is 0.383 e. The number of aryl methyl sites for hydroxylation is 1. The van der Waals surface area contributed by atoms with Crippen LogP contribution in [0.25, 0.3) is 0 Å². The topological polar surface area (TPSA) is 170 Å². The van der Waals surface area contributed by atoms with Crippen LogP contribution < -0.4 is 15.8 Å². The Hall–Kier alpha value is -2.25. The molecule has 1 amide bonds. The number of aliphatic hydroxyl groups is 1. The zero-order valence-electron chi connectivity index (χ0n) is 15.6. The average molecular weight is 486 g/mol. The maximum Gasteiger partial charge on any atom is 0.273 e. The Morgan fingerprint density at radius 2 is 1.66 bits per heavy atom. The smallest absolute Gasteiger partial charge is 0.273 e. The first kappa shape index (κ1) is 23.0. The van der Waals surface area contributed by atoms with Gasteiger partial charge >= 0.3 is 0 Å². The van der Waals surface area contributed by atoms with Crippen LogP contribution in [-0.2, 0) is 19.6 Å². The van der Waals surface area contributed by atoms with Crippen molar-refractivity contribution >= 4 is 43.6 Å². The van der Waals surface area contributed by atoms with Gasteiger partial charge in [-0.1, -0.05) is 17.7 Å². The molecule has 0 fully saturated rings. The van der Waals surface area contributed by atoms with Gasteiger partial charge in [-0.25, -0.2) is 18.4 Å². The molecule has 0 saturated heterocycles. The van der Waals surface area contributed by atoms with E-state index in [2.05, 4.69) is 25.9 Å². The Labute approximate surface area is 176 Å². The molecule has 29 heavy (non-hydrogen) atoms. The Balaban J connectivity index is 2.56. The fourth-order valence-corrected chi connectivity index (χ4v) is 3.83. The summed E-state index contributed by atoms with van der Waals surface area (Å²) in [6.45, 7) is 3.07. The van der Waals surface area contributed by atoms with Crippen LogP contribution in [0.2, 0.25) is 0 Å². The fraction of sp³-hybridized carbons (Fsp3) is 0.294. The van der Waals surface area contributed by atoms with Crippen LogP contribution in [0.1, 0.15) is 12.5 Å². The van der Waals surface area contributed by atoms with Crippen molar-refractivity contribution in [3.8, 4) is 0 Å². The number of carbonyl (C=O) groups excluding carboxylic acids is 2. The number of hydrogen-bond acceptors (Lipinski definition) is 9. The number of anilines is 1. The van der Waals surface area contributed by atoms with Crippen LogP contribution in [0.4, 0.5) is 5.95 Å². The van der Waals surface area contributed by atoms with Crippen LogP contribution in [0.15, 0.2) is 46.0 Å². The Kier molecular flexibility index (Phi) is 7.19. The molecule has 1 unspecified atom stereocenters. The number of nitrogens with two attached hydrogens (primary N) is 2. The van der Waals surface area contributed by atoms with Gasteiger partial charge in [-0.15, -0.1) is 0 Å². The minimum absolute atomic E-state index is 0.219. The van der Waals surface area contributed by atoms with Crippen molar-refractivity contribution in [1.29, 1.82) is 0 Å². The molecule has 10 nitrogen and oxygen atoms in total. The lowest BCUT2D eigenvalue weighted by molar-refractivity contribution is -0.133. The van der Waals surface area contributed by atoms with Gasteiger partial charge in [0, 0.05) is 12.4 Å². The molecular formula is C17H20BrN5O5S. The van der Waals surface area contributed by atoms with Gasteiger partial charge < -0.3 is 16.6 Å². The van der Waals surface area contributed by atoms with Gasteiger partial charge in [0.1, 0.15) is 12.1 Å². The highest BCUT2D eigenvalue weighted by Gasteiger charge is 2.40. The van der Waals surface area contributed by atoms with Crippen LogP contribution in [0.5, 0.6) is 0 Å². The predicted molar refractivity (Wildman–Crippen MR) is 108 cm³/mol. The number of amides is 1. The Morgan fingerprint density at radius 3 is 2.14 bits per heavy atom. The zero-order valence-corrected chi connectivity index (χ0v) is 18.0. The van der Waals surface area contributed by atoms with Gasteiger partial charge in [0.2, 0.25) is 5.95 Å². The SMILES string of the molecule is Cc1ccc(S(=O)(=O)N(C(=O)[C@@H](N)C(O)C(=O)[C@H](C)N)c2ncc(Br)cn2)cc1. The third-order valence-electron chi connectivity index (χ3n) is 3.91. The van der Waals surface area contributed by atoms with Crippen molar-refractivity contribution in [2.24, 2.45) is 11.5 Å². The van der Waals surface area contributed by atoms with E-state index in [9.17, 15) is 23.1 Å². The number of nitrogens with zero attached hydrogens (tertiary/aromatic N) is 3. The molecule has 156 valence electrons. The maximum absolute atomic E-state index is 13.2. The van der Waals surface area contributed by atoms with Crippen molar-refractivity contribution < 1.29 is 23.1 Å². The molecule has 3 atom stereocenters. The van der Waals surface area contributed by atoms with Gasteiger partial charge in [0.15, 0.2) is 5.78 Å². The molecule has 0 aliphatic rings. The van der Waals surface area contributed by atoms with E-state index in [-0.39, 0.29) is 9.20 Å². The summed E-state index contributed by atoms with van der Waals surface area (Å²) in [6.07, 6.45) is 0.471. The molecule has 0 spiro atoms. The molecule has 0 radical (unpaired) electrons. The molecule has 0 bridgehead atoms. The van der Waals surface area contributed by atoms with E-state index in [1.54, 1.807) is 19.1 Å². The van der Waals surface area contributed by atoms with Crippen molar-refractivity contribution in [1.82, 2.24) is 9.97 Å². The quantitative estimate of drug-likeness (QED) is 0.483. The fourth-order valence-electron chi connectivity index (χ4n) is 2.27. The van der Waals surface area contributed by atoms with Gasteiger partial charge in [-0.05, 0) is 41.9 Å². The normalized spacial score (nSPS) is 14.7. The number of aliphatic hydroxyl groups excluding tert-OH is 1. The third-order valence-corrected chi connectivity index (χ3v) is 6.01. The standard InChI is InChI=1S/C17H20BrN5O5S/c1-9-3-5-12(6-4-9)29(27,28)23(17-21-7-11(18)8-22-17)16(26)13(20)15(25)14(24)10(2)19/h3-8,10,13,15,25H,19-20H2,1-2H3/t10-,13-,15?/m0/s1. The number of halogens is 1. The van der Waals surface area contributed by atoms with Gasteiger partial charge in [-0.2, -0.15) is 4.31 Å². The lowest BCUT2D eigenvalue weighted by atomic mass is 10.0. The van der Waals surface area contributed by atoms with Crippen LogP contribution in [0, 0.1) is 6.92 Å². The minimum atomic E-state index is -4.50. The van der Waals surface area contributed by atoms with Gasteiger partial charge in [0.05, 0.1) is 15.4 Å². The zero-order chi connectivity index (χ0) is 21.9. The van der Waals surface area contributed by atoms with Crippen LogP contribution >= 0.6 is 15.9 Å². The first-order valence-corrected chi connectivity index (χ1v) is 10.6. The molecule has 1 heterocycles. The number of sulfonamides is 1. The summed E-state index contributed by atoms with van der Waals surface area (Å²) in [5, 5.41) is 10.1. The van der Waals surface area contributed by atoms with E-state index < -0.39 is 45.8 Å². The lowest BCUT2D eigenvalue weighted by Gasteiger charge is -2.26. The number of rotatable bonds is 7. The number of benzene rings is 1. The van der Waals surface area contributed by atoms with Gasteiger partial charge in [-0.3, -0.25) is 9.59 Å². The first-order chi connectivity index (χ1) is 13.5. The molecule has 5 N–H and O–H groups in total. The summed E-state index contributed by atoms with van der Waals surface area (Å²) in [7, 11) is -4.50.